The van der Waals surface area contributed by atoms with Gasteiger partial charge in [-0.05, 0) is 19.1 Å². The molecule has 0 aliphatic carbocycles. The second-order valence-corrected chi connectivity index (χ2v) is 4.83. The lowest BCUT2D eigenvalue weighted by molar-refractivity contribution is -0.118. The molecule has 0 saturated heterocycles. The second kappa shape index (κ2) is 7.55. The van der Waals surface area contributed by atoms with Gasteiger partial charge in [0.2, 0.25) is 5.43 Å². The topological polar surface area (TPSA) is 80.6 Å². The van der Waals surface area contributed by atoms with Crippen LogP contribution in [0.2, 0.25) is 0 Å². The van der Waals surface area contributed by atoms with Crippen LogP contribution < -0.4 is 15.5 Å². The standard InChI is InChI=1S/C16H17FN2O4/c1-11-16(14(21)6-7-19(11)8-9-20)23-10-15(22)18-13-5-3-2-4-12(13)17/h2-7,20H,8-10H2,1H3,(H,18,22). The lowest BCUT2D eigenvalue weighted by Crippen LogP contribution is -2.24. The molecule has 1 amide bonds. The molecule has 2 N–H and O–H groups in total. The molecule has 0 fully saturated rings. The maximum atomic E-state index is 13.4. The van der Waals surface area contributed by atoms with E-state index in [4.69, 9.17) is 9.84 Å². The van der Waals surface area contributed by atoms with E-state index < -0.39 is 18.3 Å². The average Bonchev–Trinajstić information content (AvgIpc) is 2.52. The maximum Gasteiger partial charge on any atom is 0.262 e. The van der Waals surface area contributed by atoms with Crippen LogP contribution >= 0.6 is 0 Å². The van der Waals surface area contributed by atoms with E-state index >= 15 is 0 Å². The fraction of sp³-hybridized carbons (Fsp3) is 0.250. The number of para-hydroxylation sites is 1. The Labute approximate surface area is 132 Å². The Kier molecular flexibility index (Phi) is 5.48. The van der Waals surface area contributed by atoms with Gasteiger partial charge in [0, 0.05) is 18.8 Å². The van der Waals surface area contributed by atoms with Gasteiger partial charge in [0.25, 0.3) is 5.91 Å². The number of amides is 1. The summed E-state index contributed by atoms with van der Waals surface area (Å²) in [7, 11) is 0. The van der Waals surface area contributed by atoms with Gasteiger partial charge in [-0.2, -0.15) is 0 Å². The Morgan fingerprint density at radius 3 is 2.78 bits per heavy atom. The molecule has 7 heteroatoms. The van der Waals surface area contributed by atoms with Crippen molar-refractivity contribution in [3.05, 3.63) is 58.3 Å². The molecule has 122 valence electrons. The first-order valence-corrected chi connectivity index (χ1v) is 7.01. The summed E-state index contributed by atoms with van der Waals surface area (Å²) in [6.45, 7) is 1.45. The summed E-state index contributed by atoms with van der Waals surface area (Å²) in [4.78, 5) is 23.6. The number of aliphatic hydroxyl groups is 1. The Morgan fingerprint density at radius 1 is 1.35 bits per heavy atom. The number of nitrogens with zero attached hydrogens (tertiary/aromatic N) is 1. The van der Waals surface area contributed by atoms with Crippen LogP contribution in [0.4, 0.5) is 10.1 Å². The van der Waals surface area contributed by atoms with Crippen LogP contribution in [-0.4, -0.2) is 28.8 Å². The minimum atomic E-state index is -0.577. The minimum Gasteiger partial charge on any atom is -0.478 e. The highest BCUT2D eigenvalue weighted by molar-refractivity contribution is 5.91. The maximum absolute atomic E-state index is 13.4. The summed E-state index contributed by atoms with van der Waals surface area (Å²) >= 11 is 0. The molecule has 0 unspecified atom stereocenters. The van der Waals surface area contributed by atoms with Crippen LogP contribution in [0.5, 0.6) is 5.75 Å². The van der Waals surface area contributed by atoms with Gasteiger partial charge in [-0.3, -0.25) is 9.59 Å². The van der Waals surface area contributed by atoms with Gasteiger partial charge < -0.3 is 19.7 Å². The van der Waals surface area contributed by atoms with E-state index in [9.17, 15) is 14.0 Å². The molecule has 0 radical (unpaired) electrons. The lowest BCUT2D eigenvalue weighted by Gasteiger charge is -2.14. The van der Waals surface area contributed by atoms with Crippen molar-refractivity contribution in [3.63, 3.8) is 0 Å². The second-order valence-electron chi connectivity index (χ2n) is 4.83. The summed E-state index contributed by atoms with van der Waals surface area (Å²) in [6.07, 6.45) is 1.54. The van der Waals surface area contributed by atoms with Gasteiger partial charge in [-0.1, -0.05) is 12.1 Å². The van der Waals surface area contributed by atoms with Gasteiger partial charge in [-0.15, -0.1) is 0 Å². The van der Waals surface area contributed by atoms with E-state index in [2.05, 4.69) is 5.32 Å². The van der Waals surface area contributed by atoms with Crippen molar-refractivity contribution in [2.75, 3.05) is 18.5 Å². The molecule has 2 aromatic rings. The number of carbonyl (C=O) groups excluding carboxylic acids is 1. The highest BCUT2D eigenvalue weighted by atomic mass is 19.1. The van der Waals surface area contributed by atoms with E-state index in [-0.39, 0.29) is 23.5 Å². The minimum absolute atomic E-state index is 0.0321. The molecule has 0 aliphatic rings. The number of hydrogen-bond acceptors (Lipinski definition) is 4. The number of anilines is 1. The highest BCUT2D eigenvalue weighted by Gasteiger charge is 2.12. The van der Waals surface area contributed by atoms with Crippen molar-refractivity contribution < 1.29 is 19.0 Å². The van der Waals surface area contributed by atoms with Crippen molar-refractivity contribution in [2.24, 2.45) is 0 Å². The highest BCUT2D eigenvalue weighted by Crippen LogP contribution is 2.14. The Hall–Kier alpha value is -2.67. The number of aliphatic hydroxyl groups excluding tert-OH is 1. The average molecular weight is 320 g/mol. The van der Waals surface area contributed by atoms with E-state index in [0.717, 1.165) is 0 Å². The fourth-order valence-corrected chi connectivity index (χ4v) is 2.07. The van der Waals surface area contributed by atoms with E-state index in [1.54, 1.807) is 23.8 Å². The molecule has 1 aromatic carbocycles. The van der Waals surface area contributed by atoms with Crippen molar-refractivity contribution in [1.29, 1.82) is 0 Å². The van der Waals surface area contributed by atoms with Crippen LogP contribution in [0.25, 0.3) is 0 Å². The van der Waals surface area contributed by atoms with Crippen molar-refractivity contribution in [1.82, 2.24) is 4.57 Å². The predicted molar refractivity (Wildman–Crippen MR) is 83.0 cm³/mol. The van der Waals surface area contributed by atoms with E-state index in [1.165, 1.54) is 24.3 Å². The summed E-state index contributed by atoms with van der Waals surface area (Å²) in [5, 5.41) is 11.3. The van der Waals surface area contributed by atoms with Gasteiger partial charge in [-0.25, -0.2) is 4.39 Å². The first-order chi connectivity index (χ1) is 11.0. The van der Waals surface area contributed by atoms with Crippen LogP contribution in [0.1, 0.15) is 5.69 Å². The third-order valence-electron chi connectivity index (χ3n) is 3.23. The third kappa shape index (κ3) is 4.17. The molecular weight excluding hydrogens is 303 g/mol. The Balaban J connectivity index is 2.06. The number of nitrogens with one attached hydrogen (secondary N) is 1. The molecule has 6 nitrogen and oxygen atoms in total. The molecule has 2 rings (SSSR count). The summed E-state index contributed by atoms with van der Waals surface area (Å²) in [5.41, 5.74) is 0.184. The number of aromatic nitrogens is 1. The van der Waals surface area contributed by atoms with Crippen LogP contribution in [-0.2, 0) is 11.3 Å². The zero-order valence-corrected chi connectivity index (χ0v) is 12.6. The largest absolute Gasteiger partial charge is 0.478 e. The van der Waals surface area contributed by atoms with Crippen LogP contribution in [0.3, 0.4) is 0 Å². The van der Waals surface area contributed by atoms with Crippen molar-refractivity contribution in [3.8, 4) is 5.75 Å². The smallest absolute Gasteiger partial charge is 0.262 e. The zero-order valence-electron chi connectivity index (χ0n) is 12.6. The van der Waals surface area contributed by atoms with E-state index in [0.29, 0.717) is 12.2 Å². The summed E-state index contributed by atoms with van der Waals surface area (Å²) in [5.74, 6) is -1.10. The Bertz CT molecular complexity index is 758. The van der Waals surface area contributed by atoms with E-state index in [1.807, 2.05) is 0 Å². The number of carbonyl (C=O) groups is 1. The first-order valence-electron chi connectivity index (χ1n) is 7.01. The zero-order chi connectivity index (χ0) is 16.8. The number of benzene rings is 1. The molecule has 0 aliphatic heterocycles. The monoisotopic (exact) mass is 320 g/mol. The molecule has 0 bridgehead atoms. The molecule has 1 aromatic heterocycles. The van der Waals surface area contributed by atoms with Crippen LogP contribution in [0, 0.1) is 12.7 Å². The fourth-order valence-electron chi connectivity index (χ4n) is 2.07. The molecule has 1 heterocycles. The SMILES string of the molecule is Cc1c(OCC(=O)Nc2ccccc2F)c(=O)ccn1CCO. The van der Waals surface area contributed by atoms with Gasteiger partial charge in [0.05, 0.1) is 18.0 Å². The summed E-state index contributed by atoms with van der Waals surface area (Å²) in [6, 6.07) is 7.06. The van der Waals surface area contributed by atoms with Gasteiger partial charge in [0.1, 0.15) is 5.82 Å². The van der Waals surface area contributed by atoms with Gasteiger partial charge >= 0.3 is 0 Å². The predicted octanol–water partition coefficient (Wildman–Crippen LogP) is 1.31. The summed E-state index contributed by atoms with van der Waals surface area (Å²) < 4.78 is 20.4. The third-order valence-corrected chi connectivity index (χ3v) is 3.23. The number of pyridine rings is 1. The number of hydrogen-bond donors (Lipinski definition) is 2. The lowest BCUT2D eigenvalue weighted by atomic mass is 10.3. The molecule has 0 saturated carbocycles. The normalized spacial score (nSPS) is 10.4. The van der Waals surface area contributed by atoms with Crippen molar-refractivity contribution in [2.45, 2.75) is 13.5 Å². The van der Waals surface area contributed by atoms with Crippen LogP contribution in [0.15, 0.2) is 41.3 Å². The van der Waals surface area contributed by atoms with Crippen molar-refractivity contribution >= 4 is 11.6 Å². The number of ether oxygens (including phenoxy) is 1. The molecule has 23 heavy (non-hydrogen) atoms. The number of rotatable bonds is 6. The first kappa shape index (κ1) is 16.7. The molecular formula is C16H17FN2O4. The van der Waals surface area contributed by atoms with Gasteiger partial charge in [0.15, 0.2) is 12.4 Å². The quantitative estimate of drug-likeness (QED) is 0.841. The number of halogens is 1. The molecule has 0 atom stereocenters. The molecule has 0 spiro atoms. The Morgan fingerprint density at radius 2 is 2.09 bits per heavy atom.